The fourth-order valence-corrected chi connectivity index (χ4v) is 4.69. The molecular weight excluding hydrogens is 292 g/mol. The number of carbonyl (C=O) groups is 2. The van der Waals surface area contributed by atoms with Gasteiger partial charge in [-0.1, -0.05) is 39.8 Å². The van der Waals surface area contributed by atoms with Crippen molar-refractivity contribution >= 4 is 11.9 Å². The van der Waals surface area contributed by atoms with Crippen LogP contribution in [0.25, 0.3) is 0 Å². The molecule has 0 heterocycles. The highest BCUT2D eigenvalue weighted by Gasteiger charge is 2.69. The highest BCUT2D eigenvalue weighted by Crippen LogP contribution is 2.68. The van der Waals surface area contributed by atoms with Crippen LogP contribution >= 0.6 is 0 Å². The molecule has 130 valence electrons. The first-order valence-corrected chi connectivity index (χ1v) is 8.80. The van der Waals surface area contributed by atoms with E-state index in [2.05, 4.69) is 39.8 Å². The lowest BCUT2D eigenvalue weighted by Gasteiger charge is -2.39. The van der Waals surface area contributed by atoms with E-state index < -0.39 is 11.8 Å². The number of allylic oxidation sites excluding steroid dienone is 2. The van der Waals surface area contributed by atoms with Crippen LogP contribution in [0.2, 0.25) is 0 Å². The van der Waals surface area contributed by atoms with Crippen LogP contribution in [0.5, 0.6) is 0 Å². The highest BCUT2D eigenvalue weighted by atomic mass is 16.5. The molecule has 0 amide bonds. The van der Waals surface area contributed by atoms with Crippen molar-refractivity contribution in [1.82, 2.24) is 0 Å². The minimum atomic E-state index is -0.450. The van der Waals surface area contributed by atoms with E-state index in [-0.39, 0.29) is 34.6 Å². The molecule has 2 aliphatic rings. The Hall–Kier alpha value is -1.32. The molecule has 0 aromatic carbocycles. The molecule has 1 saturated carbocycles. The first kappa shape index (κ1) is 18.0. The van der Waals surface area contributed by atoms with Crippen molar-refractivity contribution in [3.05, 3.63) is 12.2 Å². The second kappa shape index (κ2) is 6.29. The van der Waals surface area contributed by atoms with Gasteiger partial charge in [0.05, 0.1) is 25.0 Å². The third-order valence-corrected chi connectivity index (χ3v) is 6.04. The summed E-state index contributed by atoms with van der Waals surface area (Å²) in [7, 11) is 0. The first-order chi connectivity index (χ1) is 10.8. The molecule has 1 fully saturated rings. The van der Waals surface area contributed by atoms with Gasteiger partial charge in [-0.05, 0) is 32.1 Å². The molecule has 0 N–H and O–H groups in total. The second-order valence-electron chi connectivity index (χ2n) is 7.50. The Balaban J connectivity index is 2.55. The van der Waals surface area contributed by atoms with E-state index in [1.54, 1.807) is 13.8 Å². The molecular formula is C19H30O4. The number of hydrogen-bond acceptors (Lipinski definition) is 4. The molecule has 2 bridgehead atoms. The van der Waals surface area contributed by atoms with Crippen molar-refractivity contribution in [1.29, 1.82) is 0 Å². The lowest BCUT2D eigenvalue weighted by atomic mass is 9.64. The highest BCUT2D eigenvalue weighted by molar-refractivity contribution is 5.86. The van der Waals surface area contributed by atoms with Crippen LogP contribution in [-0.4, -0.2) is 25.2 Å². The summed E-state index contributed by atoms with van der Waals surface area (Å²) in [5.74, 6) is -0.901. The average Bonchev–Trinajstić information content (AvgIpc) is 3.01. The van der Waals surface area contributed by atoms with Crippen molar-refractivity contribution in [3.8, 4) is 0 Å². The Morgan fingerprint density at radius 1 is 0.913 bits per heavy atom. The average molecular weight is 322 g/mol. The number of fused-ring (bicyclic) bond motifs is 2. The van der Waals surface area contributed by atoms with Gasteiger partial charge in [0.2, 0.25) is 0 Å². The Morgan fingerprint density at radius 3 is 1.52 bits per heavy atom. The summed E-state index contributed by atoms with van der Waals surface area (Å²) in [5.41, 5.74) is -0.623. The summed E-state index contributed by atoms with van der Waals surface area (Å²) in [5, 5.41) is 0. The molecule has 23 heavy (non-hydrogen) atoms. The van der Waals surface area contributed by atoms with E-state index in [9.17, 15) is 9.59 Å². The SMILES string of the molecule is CCOC(=O)C1C(C(=O)OCC)C2(C(C)C)C=CC1(C(C)C)C2. The zero-order valence-corrected chi connectivity index (χ0v) is 15.2. The van der Waals surface area contributed by atoms with Crippen LogP contribution in [0, 0.1) is 34.5 Å². The molecule has 0 aliphatic heterocycles. The Morgan fingerprint density at radius 2 is 1.26 bits per heavy atom. The largest absolute Gasteiger partial charge is 0.466 e. The summed E-state index contributed by atoms with van der Waals surface area (Å²) in [6.45, 7) is 12.8. The van der Waals surface area contributed by atoms with E-state index >= 15 is 0 Å². The van der Waals surface area contributed by atoms with Gasteiger partial charge in [0.1, 0.15) is 0 Å². The minimum absolute atomic E-state index is 0.258. The number of hydrogen-bond donors (Lipinski definition) is 0. The molecule has 4 heteroatoms. The standard InChI is InChI=1S/C19H30O4/c1-7-22-16(20)14-15(17(21)23-8-2)19(13(5)6)10-9-18(14,11-19)12(3)4/h9-10,12-15H,7-8,11H2,1-6H3. The normalized spacial score (nSPS) is 35.1. The topological polar surface area (TPSA) is 52.6 Å². The van der Waals surface area contributed by atoms with Crippen molar-refractivity contribution in [2.75, 3.05) is 13.2 Å². The van der Waals surface area contributed by atoms with Crippen LogP contribution in [0.15, 0.2) is 12.2 Å². The van der Waals surface area contributed by atoms with E-state index in [0.717, 1.165) is 6.42 Å². The van der Waals surface area contributed by atoms with Crippen LogP contribution in [0.3, 0.4) is 0 Å². The van der Waals surface area contributed by atoms with Crippen molar-refractivity contribution < 1.29 is 19.1 Å². The molecule has 0 aromatic rings. The molecule has 0 spiro atoms. The van der Waals surface area contributed by atoms with Crippen molar-refractivity contribution in [2.24, 2.45) is 34.5 Å². The third-order valence-electron chi connectivity index (χ3n) is 6.04. The Kier molecular flexibility index (Phi) is 4.93. The molecule has 2 rings (SSSR count). The summed E-state index contributed by atoms with van der Waals surface area (Å²) in [4.78, 5) is 25.5. The first-order valence-electron chi connectivity index (χ1n) is 8.80. The number of ether oxygens (including phenoxy) is 2. The van der Waals surface area contributed by atoms with E-state index in [4.69, 9.17) is 9.47 Å². The van der Waals surface area contributed by atoms with Crippen molar-refractivity contribution in [3.63, 3.8) is 0 Å². The molecule has 0 saturated heterocycles. The lowest BCUT2D eigenvalue weighted by Crippen LogP contribution is -2.45. The molecule has 0 aromatic heterocycles. The second-order valence-corrected chi connectivity index (χ2v) is 7.50. The predicted molar refractivity (Wildman–Crippen MR) is 88.5 cm³/mol. The van der Waals surface area contributed by atoms with E-state index in [0.29, 0.717) is 13.2 Å². The Bertz CT molecular complexity index is 463. The molecule has 0 radical (unpaired) electrons. The van der Waals surface area contributed by atoms with E-state index in [1.807, 2.05) is 0 Å². The van der Waals surface area contributed by atoms with E-state index in [1.165, 1.54) is 0 Å². The molecule has 4 unspecified atom stereocenters. The summed E-state index contributed by atoms with van der Waals surface area (Å²) in [6, 6.07) is 0. The predicted octanol–water partition coefficient (Wildman–Crippen LogP) is 3.60. The Labute approximate surface area is 139 Å². The maximum atomic E-state index is 12.8. The summed E-state index contributed by atoms with van der Waals surface area (Å²) in [6.07, 6.45) is 5.17. The monoisotopic (exact) mass is 322 g/mol. The van der Waals surface area contributed by atoms with Crippen molar-refractivity contribution in [2.45, 2.75) is 48.0 Å². The molecule has 2 aliphatic carbocycles. The van der Waals surface area contributed by atoms with Gasteiger partial charge < -0.3 is 9.47 Å². The number of carbonyl (C=O) groups excluding carboxylic acids is 2. The smallest absolute Gasteiger partial charge is 0.310 e. The maximum absolute atomic E-state index is 12.8. The molecule has 4 atom stereocenters. The van der Waals surface area contributed by atoms with Gasteiger partial charge in [-0.25, -0.2) is 0 Å². The lowest BCUT2D eigenvalue weighted by molar-refractivity contribution is -0.166. The van der Waals surface area contributed by atoms with Gasteiger partial charge >= 0.3 is 11.9 Å². The number of rotatable bonds is 6. The summed E-state index contributed by atoms with van der Waals surface area (Å²) < 4.78 is 10.7. The van der Waals surface area contributed by atoms with Gasteiger partial charge in [-0.2, -0.15) is 0 Å². The minimum Gasteiger partial charge on any atom is -0.466 e. The zero-order valence-electron chi connectivity index (χ0n) is 15.2. The van der Waals surface area contributed by atoms with Gasteiger partial charge in [-0.15, -0.1) is 0 Å². The van der Waals surface area contributed by atoms with Gasteiger partial charge in [0.15, 0.2) is 0 Å². The zero-order chi connectivity index (χ0) is 17.4. The van der Waals surface area contributed by atoms with Crippen LogP contribution in [0.1, 0.15) is 48.0 Å². The summed E-state index contributed by atoms with van der Waals surface area (Å²) >= 11 is 0. The molecule has 4 nitrogen and oxygen atoms in total. The van der Waals surface area contributed by atoms with Crippen LogP contribution in [-0.2, 0) is 19.1 Å². The van der Waals surface area contributed by atoms with Gasteiger partial charge in [-0.3, -0.25) is 9.59 Å². The van der Waals surface area contributed by atoms with Crippen LogP contribution in [0.4, 0.5) is 0 Å². The van der Waals surface area contributed by atoms with Gasteiger partial charge in [0.25, 0.3) is 0 Å². The fraction of sp³-hybridized carbons (Fsp3) is 0.789. The fourth-order valence-electron chi connectivity index (χ4n) is 4.69. The maximum Gasteiger partial charge on any atom is 0.310 e. The quantitative estimate of drug-likeness (QED) is 0.554. The van der Waals surface area contributed by atoms with Crippen LogP contribution < -0.4 is 0 Å². The number of esters is 2. The third kappa shape index (κ3) is 2.50. The van der Waals surface area contributed by atoms with Gasteiger partial charge in [0, 0.05) is 10.8 Å².